The zero-order valence-electron chi connectivity index (χ0n) is 12.3. The number of ether oxygens (including phenoxy) is 1. The molecule has 18 heavy (non-hydrogen) atoms. The molecular weight excluding hydrogens is 224 g/mol. The summed E-state index contributed by atoms with van der Waals surface area (Å²) in [5, 5.41) is 0. The molecule has 2 nitrogen and oxygen atoms in total. The standard InChI is InChI=1S/C16H24O2/c1-15(2,3)13-9-7-12(8-10-13)11-16(4,5)14(17)18-6/h7-10H,11H2,1-6H3. The fourth-order valence-electron chi connectivity index (χ4n) is 1.98. The van der Waals surface area contributed by atoms with Crippen molar-refractivity contribution in [1.82, 2.24) is 0 Å². The fraction of sp³-hybridized carbons (Fsp3) is 0.562. The van der Waals surface area contributed by atoms with Crippen LogP contribution in [0.3, 0.4) is 0 Å². The summed E-state index contributed by atoms with van der Waals surface area (Å²) in [6.07, 6.45) is 0.699. The third-order valence-electron chi connectivity index (χ3n) is 3.20. The Morgan fingerprint density at radius 2 is 1.56 bits per heavy atom. The van der Waals surface area contributed by atoms with E-state index in [2.05, 4.69) is 45.0 Å². The lowest BCUT2D eigenvalue weighted by Gasteiger charge is -2.23. The summed E-state index contributed by atoms with van der Waals surface area (Å²) in [5.74, 6) is -0.164. The van der Waals surface area contributed by atoms with Crippen LogP contribution < -0.4 is 0 Å². The smallest absolute Gasteiger partial charge is 0.311 e. The molecule has 1 aromatic carbocycles. The SMILES string of the molecule is COC(=O)C(C)(C)Cc1ccc(C(C)(C)C)cc1. The molecular formula is C16H24O2. The predicted octanol–water partition coefficient (Wildman–Crippen LogP) is 3.73. The van der Waals surface area contributed by atoms with E-state index in [0.717, 1.165) is 0 Å². The summed E-state index contributed by atoms with van der Waals surface area (Å²) < 4.78 is 4.83. The topological polar surface area (TPSA) is 26.3 Å². The summed E-state index contributed by atoms with van der Waals surface area (Å²) >= 11 is 0. The van der Waals surface area contributed by atoms with Crippen molar-refractivity contribution in [1.29, 1.82) is 0 Å². The van der Waals surface area contributed by atoms with Crippen molar-refractivity contribution in [3.63, 3.8) is 0 Å². The molecule has 1 rings (SSSR count). The van der Waals surface area contributed by atoms with Crippen molar-refractivity contribution >= 4 is 5.97 Å². The van der Waals surface area contributed by atoms with Crippen molar-refractivity contribution in [3.8, 4) is 0 Å². The molecule has 0 heterocycles. The van der Waals surface area contributed by atoms with Crippen LogP contribution in [0.25, 0.3) is 0 Å². The van der Waals surface area contributed by atoms with E-state index in [1.165, 1.54) is 18.2 Å². The van der Waals surface area contributed by atoms with Crippen molar-refractivity contribution in [2.45, 2.75) is 46.5 Å². The van der Waals surface area contributed by atoms with Gasteiger partial charge in [-0.15, -0.1) is 0 Å². The third kappa shape index (κ3) is 3.59. The number of methoxy groups -OCH3 is 1. The highest BCUT2D eigenvalue weighted by atomic mass is 16.5. The van der Waals surface area contributed by atoms with Gasteiger partial charge in [0.25, 0.3) is 0 Å². The molecule has 0 saturated heterocycles. The molecule has 0 N–H and O–H groups in total. The monoisotopic (exact) mass is 248 g/mol. The van der Waals surface area contributed by atoms with Gasteiger partial charge in [0.2, 0.25) is 0 Å². The average molecular weight is 248 g/mol. The van der Waals surface area contributed by atoms with Crippen LogP contribution in [0.15, 0.2) is 24.3 Å². The Bertz CT molecular complexity index is 408. The Kier molecular flexibility index (Phi) is 4.20. The minimum absolute atomic E-state index is 0.163. The average Bonchev–Trinajstić information content (AvgIpc) is 2.26. The summed E-state index contributed by atoms with van der Waals surface area (Å²) in [7, 11) is 1.44. The van der Waals surface area contributed by atoms with Gasteiger partial charge in [0, 0.05) is 0 Å². The van der Waals surface area contributed by atoms with Gasteiger partial charge in [-0.2, -0.15) is 0 Å². The summed E-state index contributed by atoms with van der Waals surface area (Å²) in [4.78, 5) is 11.6. The Hall–Kier alpha value is -1.31. The lowest BCUT2D eigenvalue weighted by Crippen LogP contribution is -2.28. The van der Waals surface area contributed by atoms with Crippen LogP contribution in [0.4, 0.5) is 0 Å². The molecule has 0 atom stereocenters. The molecule has 0 amide bonds. The van der Waals surface area contributed by atoms with Crippen molar-refractivity contribution in [2.75, 3.05) is 7.11 Å². The van der Waals surface area contributed by atoms with Gasteiger partial charge in [-0.05, 0) is 36.8 Å². The number of carbonyl (C=O) groups excluding carboxylic acids is 1. The number of benzene rings is 1. The largest absolute Gasteiger partial charge is 0.469 e. The second-order valence-corrected chi connectivity index (χ2v) is 6.50. The number of esters is 1. The molecule has 0 aliphatic heterocycles. The fourth-order valence-corrected chi connectivity index (χ4v) is 1.98. The van der Waals surface area contributed by atoms with E-state index in [0.29, 0.717) is 6.42 Å². The molecule has 0 aliphatic carbocycles. The van der Waals surface area contributed by atoms with Gasteiger partial charge in [0.15, 0.2) is 0 Å². The van der Waals surface area contributed by atoms with Crippen LogP contribution in [0.1, 0.15) is 45.7 Å². The second kappa shape index (κ2) is 5.13. The van der Waals surface area contributed by atoms with E-state index in [-0.39, 0.29) is 11.4 Å². The van der Waals surface area contributed by atoms with Gasteiger partial charge in [-0.3, -0.25) is 4.79 Å². The highest BCUT2D eigenvalue weighted by Gasteiger charge is 2.28. The van der Waals surface area contributed by atoms with Crippen LogP contribution in [-0.2, 0) is 21.4 Å². The molecule has 0 fully saturated rings. The van der Waals surface area contributed by atoms with Gasteiger partial charge in [-0.25, -0.2) is 0 Å². The quantitative estimate of drug-likeness (QED) is 0.762. The molecule has 0 spiro atoms. The highest BCUT2D eigenvalue weighted by molar-refractivity contribution is 5.76. The minimum atomic E-state index is -0.474. The van der Waals surface area contributed by atoms with E-state index in [4.69, 9.17) is 4.74 Å². The highest BCUT2D eigenvalue weighted by Crippen LogP contribution is 2.26. The Morgan fingerprint density at radius 1 is 1.06 bits per heavy atom. The maximum absolute atomic E-state index is 11.6. The Morgan fingerprint density at radius 3 is 1.94 bits per heavy atom. The van der Waals surface area contributed by atoms with Crippen LogP contribution >= 0.6 is 0 Å². The van der Waals surface area contributed by atoms with Crippen molar-refractivity contribution in [3.05, 3.63) is 35.4 Å². The summed E-state index contributed by atoms with van der Waals surface area (Å²) in [5.41, 5.74) is 2.16. The number of carbonyl (C=O) groups is 1. The molecule has 100 valence electrons. The van der Waals surface area contributed by atoms with Gasteiger partial charge in [0.05, 0.1) is 12.5 Å². The number of hydrogen-bond acceptors (Lipinski definition) is 2. The second-order valence-electron chi connectivity index (χ2n) is 6.50. The first-order chi connectivity index (χ1) is 8.16. The van der Waals surface area contributed by atoms with E-state index in [1.54, 1.807) is 0 Å². The van der Waals surface area contributed by atoms with Gasteiger partial charge in [0.1, 0.15) is 0 Å². The Labute approximate surface area is 110 Å². The molecule has 0 aromatic heterocycles. The first kappa shape index (κ1) is 14.7. The third-order valence-corrected chi connectivity index (χ3v) is 3.20. The van der Waals surface area contributed by atoms with Crippen LogP contribution in [0.5, 0.6) is 0 Å². The lowest BCUT2D eigenvalue weighted by atomic mass is 9.83. The first-order valence-corrected chi connectivity index (χ1v) is 6.34. The maximum Gasteiger partial charge on any atom is 0.311 e. The van der Waals surface area contributed by atoms with Crippen LogP contribution in [0.2, 0.25) is 0 Å². The molecule has 0 bridgehead atoms. The molecule has 2 heteroatoms. The van der Waals surface area contributed by atoms with Crippen LogP contribution in [-0.4, -0.2) is 13.1 Å². The Balaban J connectivity index is 2.85. The molecule has 0 unspecified atom stereocenters. The summed E-state index contributed by atoms with van der Waals surface area (Å²) in [6, 6.07) is 8.49. The van der Waals surface area contributed by atoms with E-state index in [9.17, 15) is 4.79 Å². The minimum Gasteiger partial charge on any atom is -0.469 e. The van der Waals surface area contributed by atoms with Gasteiger partial charge >= 0.3 is 5.97 Å². The zero-order chi connectivity index (χ0) is 14.0. The number of hydrogen-bond donors (Lipinski definition) is 0. The zero-order valence-corrected chi connectivity index (χ0v) is 12.3. The molecule has 0 aliphatic rings. The van der Waals surface area contributed by atoms with E-state index >= 15 is 0 Å². The van der Waals surface area contributed by atoms with E-state index in [1.807, 2.05) is 13.8 Å². The maximum atomic E-state index is 11.6. The van der Waals surface area contributed by atoms with Crippen molar-refractivity contribution < 1.29 is 9.53 Å². The lowest BCUT2D eigenvalue weighted by molar-refractivity contribution is -0.150. The van der Waals surface area contributed by atoms with Gasteiger partial charge in [-0.1, -0.05) is 45.0 Å². The number of rotatable bonds is 3. The first-order valence-electron chi connectivity index (χ1n) is 6.34. The molecule has 0 radical (unpaired) electrons. The van der Waals surface area contributed by atoms with Crippen molar-refractivity contribution in [2.24, 2.45) is 5.41 Å². The van der Waals surface area contributed by atoms with Crippen LogP contribution in [0, 0.1) is 5.41 Å². The molecule has 0 saturated carbocycles. The summed E-state index contributed by atoms with van der Waals surface area (Å²) in [6.45, 7) is 10.4. The van der Waals surface area contributed by atoms with Gasteiger partial charge < -0.3 is 4.74 Å². The predicted molar refractivity (Wildman–Crippen MR) is 74.6 cm³/mol. The molecule has 1 aromatic rings. The normalized spacial score (nSPS) is 12.3. The van der Waals surface area contributed by atoms with E-state index < -0.39 is 5.41 Å².